The van der Waals surface area contributed by atoms with Gasteiger partial charge in [0.1, 0.15) is 11.6 Å². The molecule has 0 unspecified atom stereocenters. The summed E-state index contributed by atoms with van der Waals surface area (Å²) < 4.78 is 1.50. The predicted molar refractivity (Wildman–Crippen MR) is 69.3 cm³/mol. The summed E-state index contributed by atoms with van der Waals surface area (Å²) in [5.41, 5.74) is 1.51. The van der Waals surface area contributed by atoms with Crippen LogP contribution in [0.15, 0.2) is 4.79 Å². The van der Waals surface area contributed by atoms with E-state index in [-0.39, 0.29) is 11.1 Å². The average molecular weight is 245 g/mol. The van der Waals surface area contributed by atoms with Crippen molar-refractivity contribution in [2.24, 2.45) is 5.92 Å². The lowest BCUT2D eigenvalue weighted by Crippen LogP contribution is -2.30. The quantitative estimate of drug-likeness (QED) is 0.803. The standard InChI is InChI=1S/C14H19N3O/c1-10-11(2)16-17(14(18)13(10)8-15)9-12-6-4-3-5-7-12/h12H,3-7,9H2,1-2H3. The van der Waals surface area contributed by atoms with Crippen molar-refractivity contribution >= 4 is 0 Å². The van der Waals surface area contributed by atoms with Gasteiger partial charge in [0.15, 0.2) is 0 Å². The van der Waals surface area contributed by atoms with Crippen LogP contribution in [0.2, 0.25) is 0 Å². The van der Waals surface area contributed by atoms with Crippen LogP contribution in [0.4, 0.5) is 0 Å². The van der Waals surface area contributed by atoms with E-state index in [1.54, 1.807) is 6.92 Å². The number of hydrogen-bond donors (Lipinski definition) is 0. The topological polar surface area (TPSA) is 58.7 Å². The van der Waals surface area contributed by atoms with Crippen molar-refractivity contribution in [1.82, 2.24) is 9.78 Å². The Morgan fingerprint density at radius 2 is 2.00 bits per heavy atom. The normalized spacial score (nSPS) is 16.5. The minimum atomic E-state index is -0.230. The molecule has 1 aliphatic rings. The molecule has 96 valence electrons. The Hall–Kier alpha value is -1.63. The van der Waals surface area contributed by atoms with Gasteiger partial charge in [-0.15, -0.1) is 0 Å². The maximum atomic E-state index is 12.1. The molecule has 2 rings (SSSR count). The molecule has 18 heavy (non-hydrogen) atoms. The van der Waals surface area contributed by atoms with Crippen LogP contribution in [-0.2, 0) is 6.54 Å². The third kappa shape index (κ3) is 2.45. The maximum Gasteiger partial charge on any atom is 0.284 e. The molecule has 1 heterocycles. The van der Waals surface area contributed by atoms with Gasteiger partial charge >= 0.3 is 0 Å². The molecule has 0 aromatic carbocycles. The molecule has 1 fully saturated rings. The summed E-state index contributed by atoms with van der Waals surface area (Å²) in [5.74, 6) is 0.539. The first-order chi connectivity index (χ1) is 8.63. The monoisotopic (exact) mass is 245 g/mol. The summed E-state index contributed by atoms with van der Waals surface area (Å²) in [6.45, 7) is 4.30. The minimum Gasteiger partial charge on any atom is -0.266 e. The first-order valence-electron chi connectivity index (χ1n) is 6.62. The number of rotatable bonds is 2. The summed E-state index contributed by atoms with van der Waals surface area (Å²) in [6.07, 6.45) is 6.13. The summed E-state index contributed by atoms with van der Waals surface area (Å²) in [4.78, 5) is 12.1. The van der Waals surface area contributed by atoms with Gasteiger partial charge in [-0.3, -0.25) is 4.79 Å². The SMILES string of the molecule is Cc1nn(CC2CCCCC2)c(=O)c(C#N)c1C. The first-order valence-corrected chi connectivity index (χ1v) is 6.62. The molecule has 0 radical (unpaired) electrons. The summed E-state index contributed by atoms with van der Waals surface area (Å²) in [5, 5.41) is 13.4. The van der Waals surface area contributed by atoms with Gasteiger partial charge in [-0.2, -0.15) is 10.4 Å². The van der Waals surface area contributed by atoms with Crippen LogP contribution in [0.3, 0.4) is 0 Å². The molecule has 0 N–H and O–H groups in total. The van der Waals surface area contributed by atoms with Crippen LogP contribution in [0.5, 0.6) is 0 Å². The highest BCUT2D eigenvalue weighted by Crippen LogP contribution is 2.24. The number of aryl methyl sites for hydroxylation is 1. The minimum absolute atomic E-state index is 0.230. The second kappa shape index (κ2) is 5.34. The van der Waals surface area contributed by atoms with Crippen LogP contribution in [0.1, 0.15) is 48.9 Å². The fourth-order valence-corrected chi connectivity index (χ4v) is 2.64. The molecule has 1 saturated carbocycles. The molecule has 0 atom stereocenters. The zero-order chi connectivity index (χ0) is 13.1. The van der Waals surface area contributed by atoms with Crippen molar-refractivity contribution in [3.63, 3.8) is 0 Å². The van der Waals surface area contributed by atoms with Crippen molar-refractivity contribution in [1.29, 1.82) is 5.26 Å². The van der Waals surface area contributed by atoms with E-state index in [1.165, 1.54) is 36.8 Å². The van der Waals surface area contributed by atoms with Gasteiger partial charge in [0.05, 0.1) is 5.69 Å². The van der Waals surface area contributed by atoms with Gasteiger partial charge in [0.25, 0.3) is 5.56 Å². The van der Waals surface area contributed by atoms with Crippen molar-refractivity contribution in [2.45, 2.75) is 52.5 Å². The molecule has 4 heteroatoms. The fourth-order valence-electron chi connectivity index (χ4n) is 2.64. The molecule has 1 aromatic rings. The van der Waals surface area contributed by atoms with Crippen LogP contribution < -0.4 is 5.56 Å². The Kier molecular flexibility index (Phi) is 3.81. The molecule has 0 bridgehead atoms. The maximum absolute atomic E-state index is 12.1. The predicted octanol–water partition coefficient (Wildman–Crippen LogP) is 2.31. The number of nitrogens with zero attached hydrogens (tertiary/aromatic N) is 3. The first kappa shape index (κ1) is 12.8. The molecule has 4 nitrogen and oxygen atoms in total. The lowest BCUT2D eigenvalue weighted by molar-refractivity contribution is 0.301. The Morgan fingerprint density at radius 3 is 2.61 bits per heavy atom. The Bertz CT molecular complexity index is 533. The highest BCUT2D eigenvalue weighted by Gasteiger charge is 2.17. The smallest absolute Gasteiger partial charge is 0.266 e. The Morgan fingerprint density at radius 1 is 1.33 bits per heavy atom. The summed E-state index contributed by atoms with van der Waals surface area (Å²) in [7, 11) is 0. The van der Waals surface area contributed by atoms with E-state index in [0.717, 1.165) is 5.69 Å². The van der Waals surface area contributed by atoms with Crippen molar-refractivity contribution in [3.8, 4) is 6.07 Å². The van der Waals surface area contributed by atoms with E-state index in [4.69, 9.17) is 5.26 Å². The van der Waals surface area contributed by atoms with Gasteiger partial charge in [-0.25, -0.2) is 4.68 Å². The van der Waals surface area contributed by atoms with E-state index in [1.807, 2.05) is 13.0 Å². The molecule has 1 aliphatic carbocycles. The molecule has 0 saturated heterocycles. The average Bonchev–Trinajstić information content (AvgIpc) is 2.38. The van der Waals surface area contributed by atoms with Gasteiger partial charge < -0.3 is 0 Å². The largest absolute Gasteiger partial charge is 0.284 e. The Balaban J connectivity index is 2.31. The van der Waals surface area contributed by atoms with E-state index in [2.05, 4.69) is 5.10 Å². The lowest BCUT2D eigenvalue weighted by Gasteiger charge is -2.22. The highest BCUT2D eigenvalue weighted by atomic mass is 16.1. The molecular weight excluding hydrogens is 226 g/mol. The van der Waals surface area contributed by atoms with Gasteiger partial charge in [0.2, 0.25) is 0 Å². The van der Waals surface area contributed by atoms with Crippen LogP contribution in [0.25, 0.3) is 0 Å². The molecular formula is C14H19N3O. The third-order valence-corrected chi connectivity index (χ3v) is 3.90. The zero-order valence-corrected chi connectivity index (χ0v) is 11.1. The summed E-state index contributed by atoms with van der Waals surface area (Å²) in [6, 6.07) is 2.01. The molecule has 0 amide bonds. The van der Waals surface area contributed by atoms with Crippen LogP contribution in [-0.4, -0.2) is 9.78 Å². The third-order valence-electron chi connectivity index (χ3n) is 3.90. The van der Waals surface area contributed by atoms with Crippen molar-refractivity contribution in [2.75, 3.05) is 0 Å². The van der Waals surface area contributed by atoms with Gasteiger partial charge in [0, 0.05) is 6.54 Å². The number of nitriles is 1. The highest BCUT2D eigenvalue weighted by molar-refractivity contribution is 5.36. The molecule has 1 aromatic heterocycles. The number of aromatic nitrogens is 2. The van der Waals surface area contributed by atoms with E-state index < -0.39 is 0 Å². The lowest BCUT2D eigenvalue weighted by atomic mass is 9.89. The second-order valence-electron chi connectivity index (χ2n) is 5.19. The van der Waals surface area contributed by atoms with E-state index in [9.17, 15) is 4.79 Å². The van der Waals surface area contributed by atoms with E-state index in [0.29, 0.717) is 18.0 Å². The molecule has 0 aliphatic heterocycles. The zero-order valence-electron chi connectivity index (χ0n) is 11.1. The van der Waals surface area contributed by atoms with Crippen LogP contribution >= 0.6 is 0 Å². The number of hydrogen-bond acceptors (Lipinski definition) is 3. The van der Waals surface area contributed by atoms with Gasteiger partial charge in [-0.1, -0.05) is 19.3 Å². The van der Waals surface area contributed by atoms with Crippen molar-refractivity contribution < 1.29 is 0 Å². The van der Waals surface area contributed by atoms with Crippen molar-refractivity contribution in [3.05, 3.63) is 27.2 Å². The summed E-state index contributed by atoms with van der Waals surface area (Å²) >= 11 is 0. The second-order valence-corrected chi connectivity index (χ2v) is 5.19. The van der Waals surface area contributed by atoms with Crippen LogP contribution in [0, 0.1) is 31.1 Å². The Labute approximate surface area is 107 Å². The van der Waals surface area contributed by atoms with Gasteiger partial charge in [-0.05, 0) is 38.2 Å². The van der Waals surface area contributed by atoms with E-state index >= 15 is 0 Å². The fraction of sp³-hybridized carbons (Fsp3) is 0.643. The molecule has 0 spiro atoms.